The van der Waals surface area contributed by atoms with Gasteiger partial charge in [0.05, 0.1) is 17.5 Å². The zero-order chi connectivity index (χ0) is 19.8. The summed E-state index contributed by atoms with van der Waals surface area (Å²) >= 11 is 0. The lowest BCUT2D eigenvalue weighted by atomic mass is 9.83. The van der Waals surface area contributed by atoms with Crippen molar-refractivity contribution in [3.63, 3.8) is 0 Å². The molecule has 1 N–H and O–H groups in total. The quantitative estimate of drug-likeness (QED) is 0.797. The zero-order valence-corrected chi connectivity index (χ0v) is 16.2. The Labute approximate surface area is 160 Å². The molecule has 6 heteroatoms. The van der Waals surface area contributed by atoms with E-state index in [0.29, 0.717) is 5.75 Å². The second kappa shape index (κ2) is 7.10. The Balaban J connectivity index is 1.72. The molecule has 0 bridgehead atoms. The zero-order valence-electron chi connectivity index (χ0n) is 16.2. The van der Waals surface area contributed by atoms with E-state index in [-0.39, 0.29) is 25.0 Å². The van der Waals surface area contributed by atoms with Crippen LogP contribution in [0.25, 0.3) is 0 Å². The maximum atomic E-state index is 12.9. The van der Waals surface area contributed by atoms with Crippen LogP contribution in [0.4, 0.5) is 5.69 Å². The first-order chi connectivity index (χ1) is 12.7. The minimum atomic E-state index is -0.813. The number of hydrogen-bond donors (Lipinski definition) is 1. The van der Waals surface area contributed by atoms with E-state index in [1.165, 1.54) is 0 Å². The molecule has 3 rings (SSSR count). The first-order valence-corrected chi connectivity index (χ1v) is 9.08. The molecule has 0 aliphatic carbocycles. The van der Waals surface area contributed by atoms with E-state index >= 15 is 0 Å². The van der Waals surface area contributed by atoms with Gasteiger partial charge in [-0.05, 0) is 49.1 Å². The minimum absolute atomic E-state index is 0.0230. The Kier molecular flexibility index (Phi) is 5.00. The number of fused-ring (bicyclic) bond motifs is 1. The van der Waals surface area contributed by atoms with Gasteiger partial charge in [-0.1, -0.05) is 36.7 Å². The van der Waals surface area contributed by atoms with Crippen molar-refractivity contribution in [2.45, 2.75) is 38.5 Å². The minimum Gasteiger partial charge on any atom is -0.481 e. The molecule has 0 aromatic heterocycles. The molecule has 2 aromatic rings. The smallest absolute Gasteiger partial charge is 0.303 e. The summed E-state index contributed by atoms with van der Waals surface area (Å²) in [4.78, 5) is 25.4. The molecule has 1 heterocycles. The van der Waals surface area contributed by atoms with Crippen LogP contribution in [0.3, 0.4) is 0 Å². The number of rotatable bonds is 6. The van der Waals surface area contributed by atoms with Crippen LogP contribution in [0.15, 0.2) is 42.5 Å². The average molecular weight is 365 g/mol. The molecular weight excluding hydrogens is 341 g/mol. The van der Waals surface area contributed by atoms with E-state index in [1.54, 1.807) is 4.90 Å². The number of amides is 1. The molecule has 1 aliphatic heterocycles. The molecule has 1 amide bonds. The standard InChI is InChI=1S/C21H24BNO4/c1-13(10-19(24)25)14-4-7-16(8-5-14)27-12-23-18-9-6-15(22)11-17(18)21(2,3)20(23)26/h4-9,11,13H,10,12,22H2,1-3H3,(H,24,25). The fourth-order valence-electron chi connectivity index (χ4n) is 3.49. The Morgan fingerprint density at radius 3 is 2.52 bits per heavy atom. The molecule has 0 fully saturated rings. The number of carbonyl (C=O) groups is 2. The third-order valence-electron chi connectivity index (χ3n) is 5.19. The highest BCUT2D eigenvalue weighted by Crippen LogP contribution is 2.40. The molecule has 0 saturated heterocycles. The van der Waals surface area contributed by atoms with E-state index in [0.717, 1.165) is 22.3 Å². The number of aliphatic carboxylic acids is 1. The summed E-state index contributed by atoms with van der Waals surface area (Å²) in [6.45, 7) is 5.90. The second-order valence-corrected chi connectivity index (χ2v) is 7.72. The highest BCUT2D eigenvalue weighted by atomic mass is 16.5. The van der Waals surface area contributed by atoms with Gasteiger partial charge in [-0.15, -0.1) is 0 Å². The largest absolute Gasteiger partial charge is 0.481 e. The van der Waals surface area contributed by atoms with Gasteiger partial charge in [0.25, 0.3) is 0 Å². The van der Waals surface area contributed by atoms with Crippen molar-refractivity contribution in [2.24, 2.45) is 0 Å². The molecule has 2 aromatic carbocycles. The van der Waals surface area contributed by atoms with Crippen LogP contribution < -0.4 is 15.1 Å². The highest BCUT2D eigenvalue weighted by molar-refractivity contribution is 6.32. The van der Waals surface area contributed by atoms with E-state index in [4.69, 9.17) is 9.84 Å². The van der Waals surface area contributed by atoms with Crippen LogP contribution in [0.2, 0.25) is 0 Å². The number of carboxylic acids is 1. The molecule has 5 nitrogen and oxygen atoms in total. The van der Waals surface area contributed by atoms with Crippen LogP contribution in [0, 0.1) is 0 Å². The summed E-state index contributed by atoms with van der Waals surface area (Å²) < 4.78 is 5.85. The number of carbonyl (C=O) groups excluding carboxylic acids is 1. The van der Waals surface area contributed by atoms with Gasteiger partial charge in [0.1, 0.15) is 13.6 Å². The van der Waals surface area contributed by atoms with Crippen LogP contribution in [0.5, 0.6) is 5.75 Å². The van der Waals surface area contributed by atoms with E-state index in [9.17, 15) is 9.59 Å². The Morgan fingerprint density at radius 1 is 1.22 bits per heavy atom. The number of anilines is 1. The lowest BCUT2D eigenvalue weighted by Gasteiger charge is -2.21. The predicted molar refractivity (Wildman–Crippen MR) is 108 cm³/mol. The van der Waals surface area contributed by atoms with Gasteiger partial charge >= 0.3 is 5.97 Å². The van der Waals surface area contributed by atoms with E-state index in [1.807, 2.05) is 65.0 Å². The van der Waals surface area contributed by atoms with Gasteiger partial charge in [-0.25, -0.2) is 0 Å². The summed E-state index contributed by atoms with van der Waals surface area (Å²) in [6.07, 6.45) is 0.0910. The van der Waals surface area contributed by atoms with Gasteiger partial charge in [0.2, 0.25) is 5.91 Å². The number of carboxylic acid groups (broad SMARTS) is 1. The topological polar surface area (TPSA) is 66.8 Å². The Bertz CT molecular complexity index is 876. The molecule has 140 valence electrons. The van der Waals surface area contributed by atoms with Crippen molar-refractivity contribution in [1.82, 2.24) is 0 Å². The first-order valence-electron chi connectivity index (χ1n) is 9.08. The van der Waals surface area contributed by atoms with Gasteiger partial charge in [-0.2, -0.15) is 0 Å². The molecular formula is C21H24BNO4. The van der Waals surface area contributed by atoms with Gasteiger partial charge < -0.3 is 9.84 Å². The maximum absolute atomic E-state index is 12.9. The molecule has 1 aliphatic rings. The number of nitrogens with zero attached hydrogens (tertiary/aromatic N) is 1. The lowest BCUT2D eigenvalue weighted by molar-refractivity contribution is -0.137. The predicted octanol–water partition coefficient (Wildman–Crippen LogP) is 2.18. The lowest BCUT2D eigenvalue weighted by Crippen LogP contribution is -2.38. The van der Waals surface area contributed by atoms with Crippen molar-refractivity contribution in [2.75, 3.05) is 11.6 Å². The summed E-state index contributed by atoms with van der Waals surface area (Å²) in [5, 5.41) is 8.91. The van der Waals surface area contributed by atoms with Gasteiger partial charge in [-0.3, -0.25) is 14.5 Å². The third kappa shape index (κ3) is 3.70. The maximum Gasteiger partial charge on any atom is 0.303 e. The van der Waals surface area contributed by atoms with Crippen LogP contribution in [-0.4, -0.2) is 31.6 Å². The Morgan fingerprint density at radius 2 is 1.89 bits per heavy atom. The number of ether oxygens (including phenoxy) is 1. The monoisotopic (exact) mass is 365 g/mol. The van der Waals surface area contributed by atoms with Crippen molar-refractivity contribution >= 4 is 30.9 Å². The first kappa shape index (κ1) is 19.0. The highest BCUT2D eigenvalue weighted by Gasteiger charge is 2.44. The average Bonchev–Trinajstić information content (AvgIpc) is 2.80. The van der Waals surface area contributed by atoms with E-state index < -0.39 is 11.4 Å². The molecule has 0 saturated carbocycles. The van der Waals surface area contributed by atoms with Gasteiger partial charge in [0.15, 0.2) is 6.73 Å². The van der Waals surface area contributed by atoms with Crippen LogP contribution in [-0.2, 0) is 15.0 Å². The summed E-state index contributed by atoms with van der Waals surface area (Å²) in [5.74, 6) is -0.207. The fourth-order valence-corrected chi connectivity index (χ4v) is 3.49. The Hall–Kier alpha value is -2.76. The van der Waals surface area contributed by atoms with Crippen LogP contribution >= 0.6 is 0 Å². The molecule has 0 spiro atoms. The molecule has 27 heavy (non-hydrogen) atoms. The van der Waals surface area contributed by atoms with Gasteiger partial charge in [0, 0.05) is 0 Å². The normalized spacial score (nSPS) is 16.1. The second-order valence-electron chi connectivity index (χ2n) is 7.72. The fraction of sp³-hybridized carbons (Fsp3) is 0.333. The summed E-state index contributed by atoms with van der Waals surface area (Å²) in [7, 11) is 2.02. The van der Waals surface area contributed by atoms with Crippen molar-refractivity contribution in [3.8, 4) is 5.75 Å². The number of hydrogen-bond acceptors (Lipinski definition) is 3. The molecule has 0 radical (unpaired) electrons. The summed E-state index contributed by atoms with van der Waals surface area (Å²) in [5.41, 5.74) is 3.42. The third-order valence-corrected chi connectivity index (χ3v) is 5.19. The molecule has 1 unspecified atom stereocenters. The van der Waals surface area contributed by atoms with Crippen molar-refractivity contribution < 1.29 is 19.4 Å². The van der Waals surface area contributed by atoms with Crippen LogP contribution in [0.1, 0.15) is 44.2 Å². The van der Waals surface area contributed by atoms with Crippen molar-refractivity contribution in [3.05, 3.63) is 53.6 Å². The number of benzene rings is 2. The summed E-state index contributed by atoms with van der Waals surface area (Å²) in [6, 6.07) is 13.4. The van der Waals surface area contributed by atoms with Crippen molar-refractivity contribution in [1.29, 1.82) is 0 Å². The SMILES string of the molecule is Bc1ccc2c(c1)C(C)(C)C(=O)N2COc1ccc(C(C)CC(=O)O)cc1. The van der Waals surface area contributed by atoms with E-state index in [2.05, 4.69) is 6.07 Å². The molecule has 1 atom stereocenters.